The first-order valence-corrected chi connectivity index (χ1v) is 11.5. The van der Waals surface area contributed by atoms with E-state index >= 15 is 0 Å². The van der Waals surface area contributed by atoms with E-state index in [1.807, 2.05) is 48.7 Å². The number of rotatable bonds is 3. The van der Waals surface area contributed by atoms with Gasteiger partial charge in [-0.2, -0.15) is 0 Å². The Balaban J connectivity index is 1.66. The zero-order chi connectivity index (χ0) is 20.9. The van der Waals surface area contributed by atoms with Gasteiger partial charge in [0.05, 0.1) is 11.6 Å². The molecule has 0 aliphatic carbocycles. The Kier molecular flexibility index (Phi) is 4.25. The molecule has 1 aliphatic rings. The van der Waals surface area contributed by atoms with E-state index in [0.29, 0.717) is 18.6 Å². The molecule has 1 amide bonds. The molecule has 0 saturated carbocycles. The number of hydrogen-bond acceptors (Lipinski definition) is 4. The molecule has 1 atom stereocenters. The summed E-state index contributed by atoms with van der Waals surface area (Å²) in [6.07, 6.45) is 4.73. The predicted octanol–water partition coefficient (Wildman–Crippen LogP) is 2.78. The Morgan fingerprint density at radius 3 is 2.50 bits per heavy atom. The molecule has 30 heavy (non-hydrogen) atoms. The molecule has 1 unspecified atom stereocenters. The lowest BCUT2D eigenvalue weighted by molar-refractivity contribution is 0.0660. The fourth-order valence-corrected chi connectivity index (χ4v) is 4.93. The van der Waals surface area contributed by atoms with Crippen LogP contribution in [-0.2, 0) is 16.4 Å². The molecule has 3 aromatic heterocycles. The van der Waals surface area contributed by atoms with Gasteiger partial charge in [-0.3, -0.25) is 9.20 Å². The van der Waals surface area contributed by atoms with E-state index in [4.69, 9.17) is 0 Å². The molecule has 1 aromatic carbocycles. The van der Waals surface area contributed by atoms with Crippen molar-refractivity contribution in [1.82, 2.24) is 18.9 Å². The number of pyridine rings is 1. The summed E-state index contributed by atoms with van der Waals surface area (Å²) in [6, 6.07) is 18.8. The van der Waals surface area contributed by atoms with Crippen LogP contribution < -0.4 is 0 Å². The van der Waals surface area contributed by atoms with Crippen LogP contribution in [0.4, 0.5) is 0 Å². The van der Waals surface area contributed by atoms with Crippen molar-refractivity contribution in [3.8, 4) is 0 Å². The van der Waals surface area contributed by atoms with Gasteiger partial charge in [0.15, 0.2) is 5.69 Å². The van der Waals surface area contributed by atoms with Crippen LogP contribution in [-0.4, -0.2) is 46.0 Å². The number of fused-ring (bicyclic) bond motifs is 2. The van der Waals surface area contributed by atoms with E-state index in [2.05, 4.69) is 9.55 Å². The van der Waals surface area contributed by atoms with Crippen molar-refractivity contribution in [2.45, 2.75) is 17.7 Å². The smallest absolute Gasteiger partial charge is 0.275 e. The monoisotopic (exact) mass is 420 g/mol. The lowest BCUT2D eigenvalue weighted by Gasteiger charge is -2.37. The van der Waals surface area contributed by atoms with Crippen LogP contribution in [0.15, 0.2) is 78.2 Å². The van der Waals surface area contributed by atoms with Crippen LogP contribution in [0.2, 0.25) is 0 Å². The maximum atomic E-state index is 13.7. The highest BCUT2D eigenvalue weighted by atomic mass is 32.2. The first-order valence-electron chi connectivity index (χ1n) is 9.63. The molecule has 4 aromatic rings. The van der Waals surface area contributed by atoms with Gasteiger partial charge in [0.25, 0.3) is 5.91 Å². The van der Waals surface area contributed by atoms with Gasteiger partial charge < -0.3 is 9.47 Å². The molecule has 1 aliphatic heterocycles. The number of benzene rings is 1. The highest BCUT2D eigenvalue weighted by Gasteiger charge is 2.35. The summed E-state index contributed by atoms with van der Waals surface area (Å²) >= 11 is 0. The SMILES string of the molecule is CS(=O)(=O)c1nc(C(=O)N2CCn3cccc3C2c2ccccc2)c2ccccn12. The first kappa shape index (κ1) is 18.6. The van der Waals surface area contributed by atoms with Crippen molar-refractivity contribution < 1.29 is 13.2 Å². The van der Waals surface area contributed by atoms with Gasteiger partial charge in [0, 0.05) is 37.4 Å². The van der Waals surface area contributed by atoms with Crippen molar-refractivity contribution in [2.24, 2.45) is 0 Å². The third-order valence-electron chi connectivity index (χ3n) is 5.46. The fraction of sp³-hybridized carbons (Fsp3) is 0.182. The molecule has 0 N–H and O–H groups in total. The number of sulfone groups is 1. The van der Waals surface area contributed by atoms with Gasteiger partial charge in [-0.1, -0.05) is 36.4 Å². The number of imidazole rings is 1. The van der Waals surface area contributed by atoms with Gasteiger partial charge in [-0.15, -0.1) is 0 Å². The minimum absolute atomic E-state index is 0.127. The Labute approximate surface area is 174 Å². The second kappa shape index (κ2) is 6.84. The molecule has 7 nitrogen and oxygen atoms in total. The zero-order valence-electron chi connectivity index (χ0n) is 16.3. The zero-order valence-corrected chi connectivity index (χ0v) is 17.2. The molecular weight excluding hydrogens is 400 g/mol. The highest BCUT2D eigenvalue weighted by molar-refractivity contribution is 7.90. The molecule has 8 heteroatoms. The molecule has 0 bridgehead atoms. The summed E-state index contributed by atoms with van der Waals surface area (Å²) in [6.45, 7) is 1.17. The number of aromatic nitrogens is 3. The van der Waals surface area contributed by atoms with E-state index in [1.54, 1.807) is 29.3 Å². The van der Waals surface area contributed by atoms with Crippen LogP contribution in [0.5, 0.6) is 0 Å². The van der Waals surface area contributed by atoms with Gasteiger partial charge in [0.1, 0.15) is 0 Å². The second-order valence-electron chi connectivity index (χ2n) is 7.41. The minimum atomic E-state index is -3.60. The van der Waals surface area contributed by atoms with Crippen molar-refractivity contribution in [3.63, 3.8) is 0 Å². The van der Waals surface area contributed by atoms with Crippen LogP contribution >= 0.6 is 0 Å². The molecule has 0 fully saturated rings. The van der Waals surface area contributed by atoms with E-state index in [9.17, 15) is 13.2 Å². The van der Waals surface area contributed by atoms with Crippen molar-refractivity contribution >= 4 is 21.3 Å². The number of nitrogens with zero attached hydrogens (tertiary/aromatic N) is 4. The normalized spacial score (nSPS) is 16.6. The summed E-state index contributed by atoms with van der Waals surface area (Å²) in [7, 11) is -3.60. The van der Waals surface area contributed by atoms with Gasteiger partial charge in [-0.05, 0) is 29.8 Å². The summed E-state index contributed by atoms with van der Waals surface area (Å²) in [5.74, 6) is -0.282. The van der Waals surface area contributed by atoms with Crippen LogP contribution in [0.25, 0.3) is 5.52 Å². The topological polar surface area (TPSA) is 76.7 Å². The van der Waals surface area contributed by atoms with Crippen LogP contribution in [0.1, 0.15) is 27.8 Å². The minimum Gasteiger partial charge on any atom is -0.348 e. The van der Waals surface area contributed by atoms with E-state index in [1.165, 1.54) is 4.40 Å². The molecule has 152 valence electrons. The largest absolute Gasteiger partial charge is 0.348 e. The second-order valence-corrected chi connectivity index (χ2v) is 9.32. The van der Waals surface area contributed by atoms with Gasteiger partial charge in [-0.25, -0.2) is 13.4 Å². The third-order valence-corrected chi connectivity index (χ3v) is 6.42. The number of hydrogen-bond donors (Lipinski definition) is 0. The molecule has 5 rings (SSSR count). The average Bonchev–Trinajstić information content (AvgIpc) is 3.37. The molecule has 0 radical (unpaired) electrons. The van der Waals surface area contributed by atoms with Crippen molar-refractivity contribution in [3.05, 3.63) is 90.0 Å². The Bertz CT molecular complexity index is 1360. The van der Waals surface area contributed by atoms with E-state index in [0.717, 1.165) is 17.5 Å². The standard InChI is InChI=1S/C22H20N4O3S/c1-30(28,29)22-23-19(17-10-5-6-13-25(17)22)21(27)26-15-14-24-12-7-11-18(24)20(26)16-8-3-2-4-9-16/h2-13,20H,14-15H2,1H3. The Hall–Kier alpha value is -3.39. The van der Waals surface area contributed by atoms with E-state index < -0.39 is 9.84 Å². The molecular formula is C22H20N4O3S. The summed E-state index contributed by atoms with van der Waals surface area (Å²) in [5.41, 5.74) is 2.65. The fourth-order valence-electron chi connectivity index (χ4n) is 4.15. The Morgan fingerprint density at radius 1 is 0.967 bits per heavy atom. The summed E-state index contributed by atoms with van der Waals surface area (Å²) < 4.78 is 28.1. The van der Waals surface area contributed by atoms with Gasteiger partial charge >= 0.3 is 0 Å². The maximum Gasteiger partial charge on any atom is 0.275 e. The van der Waals surface area contributed by atoms with Crippen LogP contribution in [0, 0.1) is 0 Å². The molecule has 0 spiro atoms. The van der Waals surface area contributed by atoms with E-state index in [-0.39, 0.29) is 22.8 Å². The summed E-state index contributed by atoms with van der Waals surface area (Å²) in [5, 5.41) is -0.127. The van der Waals surface area contributed by atoms with Gasteiger partial charge in [0.2, 0.25) is 15.0 Å². The maximum absolute atomic E-state index is 13.7. The van der Waals surface area contributed by atoms with Crippen molar-refractivity contribution in [2.75, 3.05) is 12.8 Å². The van der Waals surface area contributed by atoms with Crippen LogP contribution in [0.3, 0.4) is 0 Å². The average molecular weight is 420 g/mol. The lowest BCUT2D eigenvalue weighted by atomic mass is 9.99. The Morgan fingerprint density at radius 2 is 1.73 bits per heavy atom. The molecule has 4 heterocycles. The third kappa shape index (κ3) is 2.91. The first-order chi connectivity index (χ1) is 14.4. The quantitative estimate of drug-likeness (QED) is 0.511. The van der Waals surface area contributed by atoms with Crippen molar-refractivity contribution in [1.29, 1.82) is 0 Å². The predicted molar refractivity (Wildman–Crippen MR) is 112 cm³/mol. The number of carbonyl (C=O) groups is 1. The number of amides is 1. The highest BCUT2D eigenvalue weighted by Crippen LogP contribution is 2.34. The lowest BCUT2D eigenvalue weighted by Crippen LogP contribution is -2.42. The number of carbonyl (C=O) groups excluding carboxylic acids is 1. The summed E-state index contributed by atoms with van der Waals surface area (Å²) in [4.78, 5) is 19.8. The molecule has 0 saturated heterocycles.